The van der Waals surface area contributed by atoms with Crippen LogP contribution in [-0.4, -0.2) is 75.4 Å². The van der Waals surface area contributed by atoms with Crippen LogP contribution in [0, 0.1) is 0 Å². The maximum Gasteiger partial charge on any atom is 0.214 e. The number of nitrogens with zero attached hydrogens (tertiary/aromatic N) is 2. The fourth-order valence-corrected chi connectivity index (χ4v) is 6.14. The number of hydrogen-bond donors (Lipinski definition) is 1. The van der Waals surface area contributed by atoms with Crippen molar-refractivity contribution in [2.45, 2.75) is 76.7 Å². The second-order valence-corrected chi connectivity index (χ2v) is 10.1. The van der Waals surface area contributed by atoms with Gasteiger partial charge in [0.05, 0.1) is 19.0 Å². The van der Waals surface area contributed by atoms with Gasteiger partial charge in [-0.1, -0.05) is 38.5 Å². The molecule has 7 heteroatoms. The molecule has 1 heterocycles. The summed E-state index contributed by atoms with van der Waals surface area (Å²) in [5.41, 5.74) is 5.54. The molecule has 6 nitrogen and oxygen atoms in total. The van der Waals surface area contributed by atoms with Gasteiger partial charge in [-0.05, 0) is 45.2 Å². The molecule has 1 saturated carbocycles. The lowest BCUT2D eigenvalue weighted by molar-refractivity contribution is 0.0365. The van der Waals surface area contributed by atoms with Crippen LogP contribution in [0.25, 0.3) is 0 Å². The van der Waals surface area contributed by atoms with Crippen LogP contribution < -0.4 is 5.73 Å². The van der Waals surface area contributed by atoms with Crippen molar-refractivity contribution in [2.24, 2.45) is 5.73 Å². The maximum absolute atomic E-state index is 13.1. The highest BCUT2D eigenvalue weighted by atomic mass is 32.2. The van der Waals surface area contributed by atoms with Crippen LogP contribution >= 0.6 is 0 Å². The van der Waals surface area contributed by atoms with Gasteiger partial charge in [-0.25, -0.2) is 8.42 Å². The van der Waals surface area contributed by atoms with E-state index >= 15 is 0 Å². The van der Waals surface area contributed by atoms with Crippen LogP contribution in [-0.2, 0) is 14.8 Å². The first kappa shape index (κ1) is 23.1. The predicted molar refractivity (Wildman–Crippen MR) is 111 cm³/mol. The Balaban J connectivity index is 1.88. The third kappa shape index (κ3) is 8.77. The largest absolute Gasteiger partial charge is 0.379 e. The van der Waals surface area contributed by atoms with E-state index in [9.17, 15) is 8.42 Å². The van der Waals surface area contributed by atoms with Crippen molar-refractivity contribution >= 4 is 10.0 Å². The van der Waals surface area contributed by atoms with Gasteiger partial charge in [0.1, 0.15) is 0 Å². The molecular weight excluding hydrogens is 362 g/mol. The van der Waals surface area contributed by atoms with E-state index in [1.54, 1.807) is 0 Å². The Morgan fingerprint density at radius 2 is 1.59 bits per heavy atom. The summed E-state index contributed by atoms with van der Waals surface area (Å²) in [6.45, 7) is 5.88. The monoisotopic (exact) mass is 403 g/mol. The van der Waals surface area contributed by atoms with Gasteiger partial charge in [0.15, 0.2) is 0 Å². The summed E-state index contributed by atoms with van der Waals surface area (Å²) in [6.07, 6.45) is 11.6. The average molecular weight is 404 g/mol. The van der Waals surface area contributed by atoms with Crippen molar-refractivity contribution in [1.29, 1.82) is 0 Å². The minimum Gasteiger partial charge on any atom is -0.379 e. The quantitative estimate of drug-likeness (QED) is 0.400. The molecule has 2 rings (SSSR count). The first-order chi connectivity index (χ1) is 13.1. The fraction of sp³-hybridized carbons (Fsp3) is 1.00. The molecule has 1 aliphatic carbocycles. The second-order valence-electron chi connectivity index (χ2n) is 8.08. The Kier molecular flexibility index (Phi) is 11.2. The van der Waals surface area contributed by atoms with E-state index in [0.717, 1.165) is 90.6 Å². The minimum absolute atomic E-state index is 0.214. The lowest BCUT2D eigenvalue weighted by Crippen LogP contribution is -2.44. The highest BCUT2D eigenvalue weighted by molar-refractivity contribution is 7.89. The van der Waals surface area contributed by atoms with Crippen LogP contribution in [0.2, 0.25) is 0 Å². The minimum atomic E-state index is -3.17. The number of sulfonamides is 1. The van der Waals surface area contributed by atoms with Crippen molar-refractivity contribution in [3.63, 3.8) is 0 Å². The average Bonchev–Trinajstić information content (AvgIpc) is 2.95. The van der Waals surface area contributed by atoms with Gasteiger partial charge >= 0.3 is 0 Å². The van der Waals surface area contributed by atoms with Crippen molar-refractivity contribution in [2.75, 3.05) is 51.7 Å². The maximum atomic E-state index is 13.1. The van der Waals surface area contributed by atoms with Crippen molar-refractivity contribution in [3.05, 3.63) is 0 Å². The zero-order valence-corrected chi connectivity index (χ0v) is 17.9. The van der Waals surface area contributed by atoms with E-state index in [1.165, 1.54) is 12.8 Å². The van der Waals surface area contributed by atoms with E-state index in [1.807, 2.05) is 4.31 Å². The summed E-state index contributed by atoms with van der Waals surface area (Å²) in [5, 5.41) is 0. The smallest absolute Gasteiger partial charge is 0.214 e. The molecule has 0 aromatic carbocycles. The zero-order valence-electron chi connectivity index (χ0n) is 17.1. The van der Waals surface area contributed by atoms with E-state index in [-0.39, 0.29) is 6.04 Å². The summed E-state index contributed by atoms with van der Waals surface area (Å²) in [6, 6.07) is 0.214. The molecule has 0 aromatic rings. The van der Waals surface area contributed by atoms with Crippen LogP contribution in [0.1, 0.15) is 70.6 Å². The summed E-state index contributed by atoms with van der Waals surface area (Å²) < 4.78 is 33.5. The van der Waals surface area contributed by atoms with Gasteiger partial charge in [-0.3, -0.25) is 4.90 Å². The number of unbranched alkanes of at least 4 members (excludes halogenated alkanes) is 3. The highest BCUT2D eigenvalue weighted by Crippen LogP contribution is 2.25. The summed E-state index contributed by atoms with van der Waals surface area (Å²) in [5.74, 6) is 0.297. The Morgan fingerprint density at radius 1 is 0.926 bits per heavy atom. The number of morpholine rings is 1. The van der Waals surface area contributed by atoms with Gasteiger partial charge in [0.2, 0.25) is 10.0 Å². The standard InChI is InChI=1S/C20H41N3O3S/c21-12-7-3-4-8-19-27(24,25)23(20-10-5-1-2-6-11-20)14-9-13-22-15-17-26-18-16-22/h20H,1-19,21H2. The van der Waals surface area contributed by atoms with Crippen LogP contribution in [0.4, 0.5) is 0 Å². The number of nitrogens with two attached hydrogens (primary N) is 1. The topological polar surface area (TPSA) is 75.9 Å². The molecule has 0 spiro atoms. The summed E-state index contributed by atoms with van der Waals surface area (Å²) in [4.78, 5) is 2.40. The van der Waals surface area contributed by atoms with Crippen molar-refractivity contribution < 1.29 is 13.2 Å². The van der Waals surface area contributed by atoms with Gasteiger partial charge < -0.3 is 10.5 Å². The molecule has 0 unspecified atom stereocenters. The first-order valence-electron chi connectivity index (χ1n) is 11.1. The van der Waals surface area contributed by atoms with Gasteiger partial charge in [0.25, 0.3) is 0 Å². The zero-order chi connectivity index (χ0) is 19.4. The molecule has 2 fully saturated rings. The van der Waals surface area contributed by atoms with Gasteiger partial charge in [-0.15, -0.1) is 0 Å². The molecular formula is C20H41N3O3S. The van der Waals surface area contributed by atoms with E-state index in [0.29, 0.717) is 18.8 Å². The lowest BCUT2D eigenvalue weighted by atomic mass is 10.1. The van der Waals surface area contributed by atoms with E-state index in [4.69, 9.17) is 10.5 Å². The molecule has 0 atom stereocenters. The highest BCUT2D eigenvalue weighted by Gasteiger charge is 2.29. The number of rotatable bonds is 12. The first-order valence-corrected chi connectivity index (χ1v) is 12.7. The predicted octanol–water partition coefficient (Wildman–Crippen LogP) is 2.58. The Hall–Kier alpha value is -0.210. The number of ether oxygens (including phenoxy) is 1. The molecule has 0 amide bonds. The van der Waals surface area contributed by atoms with Gasteiger partial charge in [0, 0.05) is 25.7 Å². The Morgan fingerprint density at radius 3 is 2.26 bits per heavy atom. The molecule has 160 valence electrons. The lowest BCUT2D eigenvalue weighted by Gasteiger charge is -2.32. The molecule has 1 saturated heterocycles. The molecule has 0 radical (unpaired) electrons. The Bertz CT molecular complexity index is 473. The molecule has 0 bridgehead atoms. The third-order valence-electron chi connectivity index (χ3n) is 5.90. The molecule has 27 heavy (non-hydrogen) atoms. The van der Waals surface area contributed by atoms with Crippen LogP contribution in [0.3, 0.4) is 0 Å². The second kappa shape index (κ2) is 13.1. The van der Waals surface area contributed by atoms with Gasteiger partial charge in [-0.2, -0.15) is 4.31 Å². The van der Waals surface area contributed by atoms with Crippen LogP contribution in [0.5, 0.6) is 0 Å². The van der Waals surface area contributed by atoms with E-state index < -0.39 is 10.0 Å². The summed E-state index contributed by atoms with van der Waals surface area (Å²) in [7, 11) is -3.17. The van der Waals surface area contributed by atoms with Crippen molar-refractivity contribution in [3.8, 4) is 0 Å². The normalized spacial score (nSPS) is 20.8. The van der Waals surface area contributed by atoms with Crippen LogP contribution in [0.15, 0.2) is 0 Å². The van der Waals surface area contributed by atoms with Crippen molar-refractivity contribution in [1.82, 2.24) is 9.21 Å². The summed E-state index contributed by atoms with van der Waals surface area (Å²) >= 11 is 0. The van der Waals surface area contributed by atoms with E-state index in [2.05, 4.69) is 4.90 Å². The fourth-order valence-electron chi connectivity index (χ4n) is 4.27. The molecule has 0 aromatic heterocycles. The molecule has 2 aliphatic rings. The molecule has 2 N–H and O–H groups in total. The Labute approximate surface area is 166 Å². The SMILES string of the molecule is NCCCCCCS(=O)(=O)N(CCCN1CCOCC1)C1CCCCCC1. The third-order valence-corrected chi connectivity index (χ3v) is 7.90. The number of hydrogen-bond acceptors (Lipinski definition) is 5. The molecule has 1 aliphatic heterocycles.